The van der Waals surface area contributed by atoms with Gasteiger partial charge in [0.05, 0.1) is 12.7 Å². The van der Waals surface area contributed by atoms with Crippen LogP contribution < -0.4 is 5.32 Å². The van der Waals surface area contributed by atoms with Gasteiger partial charge in [-0.15, -0.1) is 0 Å². The molecule has 1 aliphatic heterocycles. The molecule has 3 nitrogen and oxygen atoms in total. The number of hydrogen-bond acceptors (Lipinski definition) is 2. The van der Waals surface area contributed by atoms with Gasteiger partial charge in [-0.1, -0.05) is 17.7 Å². The van der Waals surface area contributed by atoms with Crippen molar-refractivity contribution in [1.29, 1.82) is 0 Å². The van der Waals surface area contributed by atoms with E-state index in [1.165, 1.54) is 10.9 Å². The molecule has 4 heteroatoms. The third-order valence-corrected chi connectivity index (χ3v) is 3.19. The Balaban J connectivity index is 2.03. The number of aromatic nitrogens is 1. The van der Waals surface area contributed by atoms with Gasteiger partial charge in [0, 0.05) is 40.8 Å². The Morgan fingerprint density at radius 1 is 1.38 bits per heavy atom. The lowest BCUT2D eigenvalue weighted by molar-refractivity contribution is 0.0286. The number of aromatic amines is 1. The molecule has 2 N–H and O–H groups in total. The van der Waals surface area contributed by atoms with E-state index in [9.17, 15) is 0 Å². The third-order valence-electron chi connectivity index (χ3n) is 2.95. The molecule has 3 rings (SSSR count). The minimum absolute atomic E-state index is 0.142. The molecule has 1 saturated heterocycles. The fraction of sp³-hybridized carbons (Fsp3) is 0.333. The van der Waals surface area contributed by atoms with Crippen LogP contribution in [0.2, 0.25) is 5.02 Å². The largest absolute Gasteiger partial charge is 0.371 e. The fourth-order valence-corrected chi connectivity index (χ4v) is 2.32. The van der Waals surface area contributed by atoms with Gasteiger partial charge in [0.15, 0.2) is 0 Å². The van der Waals surface area contributed by atoms with E-state index >= 15 is 0 Å². The lowest BCUT2D eigenvalue weighted by atomic mass is 10.1. The van der Waals surface area contributed by atoms with Gasteiger partial charge in [-0.25, -0.2) is 0 Å². The Kier molecular flexibility index (Phi) is 2.59. The molecular formula is C12H13ClN2O. The number of morpholine rings is 1. The van der Waals surface area contributed by atoms with E-state index in [1.807, 2.05) is 24.4 Å². The zero-order valence-electron chi connectivity index (χ0n) is 8.79. The van der Waals surface area contributed by atoms with Crippen molar-refractivity contribution in [2.75, 3.05) is 19.7 Å². The van der Waals surface area contributed by atoms with Gasteiger partial charge in [-0.3, -0.25) is 0 Å². The summed E-state index contributed by atoms with van der Waals surface area (Å²) < 4.78 is 5.75. The molecule has 0 bridgehead atoms. The Bertz CT molecular complexity index is 503. The standard InChI is InChI=1S/C12H13ClN2O/c13-8-1-2-9-10(6-15-11(9)5-8)12-7-14-3-4-16-12/h1-2,5-6,12,14-15H,3-4,7H2. The minimum Gasteiger partial charge on any atom is -0.371 e. The first kappa shape index (κ1) is 10.1. The average molecular weight is 237 g/mol. The van der Waals surface area contributed by atoms with Crippen LogP contribution in [0.1, 0.15) is 11.7 Å². The molecule has 16 heavy (non-hydrogen) atoms. The lowest BCUT2D eigenvalue weighted by Crippen LogP contribution is -2.33. The highest BCUT2D eigenvalue weighted by Gasteiger charge is 2.18. The smallest absolute Gasteiger partial charge is 0.0970 e. The molecule has 0 spiro atoms. The van der Waals surface area contributed by atoms with E-state index in [0.29, 0.717) is 0 Å². The first-order chi connectivity index (χ1) is 7.84. The van der Waals surface area contributed by atoms with Gasteiger partial charge in [-0.05, 0) is 12.1 Å². The Morgan fingerprint density at radius 2 is 2.31 bits per heavy atom. The van der Waals surface area contributed by atoms with Crippen molar-refractivity contribution >= 4 is 22.5 Å². The van der Waals surface area contributed by atoms with Crippen LogP contribution in [0.4, 0.5) is 0 Å². The van der Waals surface area contributed by atoms with Gasteiger partial charge in [0.1, 0.15) is 0 Å². The summed E-state index contributed by atoms with van der Waals surface area (Å²) in [7, 11) is 0. The Hall–Kier alpha value is -1.03. The van der Waals surface area contributed by atoms with Crippen LogP contribution in [0.15, 0.2) is 24.4 Å². The molecule has 0 aliphatic carbocycles. The van der Waals surface area contributed by atoms with E-state index in [1.54, 1.807) is 0 Å². The number of benzene rings is 1. The number of rotatable bonds is 1. The van der Waals surface area contributed by atoms with Crippen molar-refractivity contribution < 1.29 is 4.74 Å². The summed E-state index contributed by atoms with van der Waals surface area (Å²) in [6, 6.07) is 5.90. The number of hydrogen-bond donors (Lipinski definition) is 2. The summed E-state index contributed by atoms with van der Waals surface area (Å²) in [5.41, 5.74) is 2.27. The van der Waals surface area contributed by atoms with E-state index in [2.05, 4.69) is 10.3 Å². The SMILES string of the molecule is Clc1ccc2c(C3CNCCO3)c[nH]c2c1. The van der Waals surface area contributed by atoms with Crippen LogP contribution in [0.25, 0.3) is 10.9 Å². The van der Waals surface area contributed by atoms with E-state index in [4.69, 9.17) is 16.3 Å². The average Bonchev–Trinajstić information content (AvgIpc) is 2.73. The van der Waals surface area contributed by atoms with Crippen LogP contribution in [0, 0.1) is 0 Å². The molecule has 1 unspecified atom stereocenters. The van der Waals surface area contributed by atoms with Crippen LogP contribution in [0.5, 0.6) is 0 Å². The maximum absolute atomic E-state index is 5.95. The zero-order valence-corrected chi connectivity index (χ0v) is 9.55. The third kappa shape index (κ3) is 1.71. The first-order valence-corrected chi connectivity index (χ1v) is 5.81. The maximum Gasteiger partial charge on any atom is 0.0970 e. The number of nitrogens with one attached hydrogen (secondary N) is 2. The van der Waals surface area contributed by atoms with Crippen molar-refractivity contribution in [3.05, 3.63) is 35.0 Å². The van der Waals surface area contributed by atoms with Crippen LogP contribution in [-0.2, 0) is 4.74 Å². The molecular weight excluding hydrogens is 224 g/mol. The topological polar surface area (TPSA) is 37.0 Å². The molecule has 2 aromatic rings. The predicted octanol–water partition coefficient (Wildman–Crippen LogP) is 2.48. The number of halogens is 1. The van der Waals surface area contributed by atoms with Gasteiger partial charge >= 0.3 is 0 Å². The molecule has 2 heterocycles. The molecule has 0 radical (unpaired) electrons. The second-order valence-electron chi connectivity index (χ2n) is 4.00. The van der Waals surface area contributed by atoms with Crippen molar-refractivity contribution in [3.8, 4) is 0 Å². The summed E-state index contributed by atoms with van der Waals surface area (Å²) in [6.07, 6.45) is 2.15. The second-order valence-corrected chi connectivity index (χ2v) is 4.43. The van der Waals surface area contributed by atoms with Crippen molar-refractivity contribution in [2.24, 2.45) is 0 Å². The molecule has 1 aromatic heterocycles. The molecule has 1 aromatic carbocycles. The van der Waals surface area contributed by atoms with Crippen LogP contribution in [0.3, 0.4) is 0 Å². The predicted molar refractivity (Wildman–Crippen MR) is 64.9 cm³/mol. The molecule has 1 aliphatic rings. The van der Waals surface area contributed by atoms with E-state index < -0.39 is 0 Å². The second kappa shape index (κ2) is 4.09. The molecule has 84 valence electrons. The van der Waals surface area contributed by atoms with E-state index in [-0.39, 0.29) is 6.10 Å². The molecule has 0 saturated carbocycles. The molecule has 1 atom stereocenters. The fourth-order valence-electron chi connectivity index (χ4n) is 2.15. The summed E-state index contributed by atoms with van der Waals surface area (Å²) in [5.74, 6) is 0. The highest BCUT2D eigenvalue weighted by atomic mass is 35.5. The summed E-state index contributed by atoms with van der Waals surface area (Å²) in [6.45, 7) is 2.57. The van der Waals surface area contributed by atoms with Crippen molar-refractivity contribution in [3.63, 3.8) is 0 Å². The van der Waals surface area contributed by atoms with Gasteiger partial charge in [-0.2, -0.15) is 0 Å². The number of ether oxygens (including phenoxy) is 1. The van der Waals surface area contributed by atoms with Crippen molar-refractivity contribution in [2.45, 2.75) is 6.10 Å². The van der Waals surface area contributed by atoms with Crippen LogP contribution in [-0.4, -0.2) is 24.7 Å². The summed E-state index contributed by atoms with van der Waals surface area (Å²) >= 11 is 5.95. The summed E-state index contributed by atoms with van der Waals surface area (Å²) in [5, 5.41) is 5.28. The van der Waals surface area contributed by atoms with Crippen molar-refractivity contribution in [1.82, 2.24) is 10.3 Å². The summed E-state index contributed by atoms with van der Waals surface area (Å²) in [4.78, 5) is 3.23. The highest BCUT2D eigenvalue weighted by molar-refractivity contribution is 6.31. The Labute approximate surface area is 98.7 Å². The maximum atomic E-state index is 5.95. The highest BCUT2D eigenvalue weighted by Crippen LogP contribution is 2.28. The zero-order chi connectivity index (χ0) is 11.0. The monoisotopic (exact) mass is 236 g/mol. The van der Waals surface area contributed by atoms with Crippen LogP contribution >= 0.6 is 11.6 Å². The number of H-pyrrole nitrogens is 1. The van der Waals surface area contributed by atoms with Gasteiger partial charge in [0.2, 0.25) is 0 Å². The van der Waals surface area contributed by atoms with E-state index in [0.717, 1.165) is 30.2 Å². The normalized spacial score (nSPS) is 21.4. The Morgan fingerprint density at radius 3 is 3.12 bits per heavy atom. The van der Waals surface area contributed by atoms with Gasteiger partial charge in [0.25, 0.3) is 0 Å². The first-order valence-electron chi connectivity index (χ1n) is 5.43. The number of fused-ring (bicyclic) bond motifs is 1. The quantitative estimate of drug-likeness (QED) is 0.798. The molecule has 1 fully saturated rings. The minimum atomic E-state index is 0.142. The molecule has 0 amide bonds. The lowest BCUT2D eigenvalue weighted by Gasteiger charge is -2.23. The van der Waals surface area contributed by atoms with Gasteiger partial charge < -0.3 is 15.0 Å².